The summed E-state index contributed by atoms with van der Waals surface area (Å²) < 4.78 is 32.1. The summed E-state index contributed by atoms with van der Waals surface area (Å²) in [6, 6.07) is 4.51. The Labute approximate surface area is 168 Å². The molecule has 3 atom stereocenters. The zero-order chi connectivity index (χ0) is 20.9. The molecule has 1 fully saturated rings. The highest BCUT2D eigenvalue weighted by Crippen LogP contribution is 2.56. The van der Waals surface area contributed by atoms with Crippen molar-refractivity contribution in [1.29, 1.82) is 0 Å². The molecule has 0 aromatic heterocycles. The first-order chi connectivity index (χ1) is 13.9. The van der Waals surface area contributed by atoms with Gasteiger partial charge in [0, 0.05) is 18.7 Å². The molecule has 0 N–H and O–H groups in total. The van der Waals surface area contributed by atoms with Gasteiger partial charge in [-0.1, -0.05) is 24.3 Å². The van der Waals surface area contributed by atoms with Gasteiger partial charge in [0.15, 0.2) is 0 Å². The van der Waals surface area contributed by atoms with Crippen LogP contribution < -0.4 is 4.52 Å². The van der Waals surface area contributed by atoms with E-state index in [9.17, 15) is 19.5 Å². The monoisotopic (exact) mass is 422 g/mol. The predicted molar refractivity (Wildman–Crippen MR) is 105 cm³/mol. The molecule has 1 heterocycles. The molecule has 1 saturated heterocycles. The predicted octanol–water partition coefficient (Wildman–Crippen LogP) is 4.01. The molecule has 2 aliphatic rings. The number of non-ortho nitro benzene ring substituents is 1. The molecule has 156 valence electrons. The summed E-state index contributed by atoms with van der Waals surface area (Å²) in [4.78, 5) is 22.7. The molecular weight excluding hydrogens is 399 g/mol. The minimum Gasteiger partial charge on any atom is -0.465 e. The molecule has 0 amide bonds. The lowest BCUT2D eigenvalue weighted by Crippen LogP contribution is -2.37. The first kappa shape index (κ1) is 21.2. The molecule has 29 heavy (non-hydrogen) atoms. The van der Waals surface area contributed by atoms with E-state index in [4.69, 9.17) is 13.8 Å². The van der Waals surface area contributed by atoms with Crippen molar-refractivity contribution < 1.29 is 28.1 Å². The van der Waals surface area contributed by atoms with Gasteiger partial charge in [0.2, 0.25) is 0 Å². The van der Waals surface area contributed by atoms with Gasteiger partial charge in [0.25, 0.3) is 5.69 Å². The number of ether oxygens (including phenoxy) is 1. The second-order valence-corrected chi connectivity index (χ2v) is 8.42. The van der Waals surface area contributed by atoms with E-state index in [1.54, 1.807) is 19.1 Å². The lowest BCUT2D eigenvalue weighted by molar-refractivity contribution is -0.384. The van der Waals surface area contributed by atoms with Crippen LogP contribution >= 0.6 is 7.75 Å². The number of carbonyl (C=O) groups is 1. The lowest BCUT2D eigenvalue weighted by Gasteiger charge is -2.32. The number of hydrogen-bond donors (Lipinski definition) is 0. The van der Waals surface area contributed by atoms with Gasteiger partial charge >= 0.3 is 13.7 Å². The van der Waals surface area contributed by atoms with E-state index < -0.39 is 30.8 Å². The second kappa shape index (κ2) is 9.35. The third-order valence-corrected chi connectivity index (χ3v) is 6.66. The van der Waals surface area contributed by atoms with E-state index in [0.717, 1.165) is 0 Å². The SMILES string of the molecule is CCOC(=O)[C@@H]1CCCN1P(=O)(Oc1ccc([N+](=O)[O-])cc1)OC1C=CC=CC1. The van der Waals surface area contributed by atoms with Gasteiger partial charge < -0.3 is 9.26 Å². The van der Waals surface area contributed by atoms with Crippen molar-refractivity contribution in [2.24, 2.45) is 0 Å². The summed E-state index contributed by atoms with van der Waals surface area (Å²) in [6.07, 6.45) is 8.46. The quantitative estimate of drug-likeness (QED) is 0.268. The first-order valence-corrected chi connectivity index (χ1v) is 10.9. The van der Waals surface area contributed by atoms with Crippen LogP contribution in [0.5, 0.6) is 5.75 Å². The molecule has 3 rings (SSSR count). The van der Waals surface area contributed by atoms with Crippen molar-refractivity contribution >= 4 is 19.4 Å². The van der Waals surface area contributed by atoms with Gasteiger partial charge in [-0.2, -0.15) is 4.67 Å². The molecule has 1 aromatic carbocycles. The van der Waals surface area contributed by atoms with Crippen LogP contribution in [0, 0.1) is 10.1 Å². The molecule has 1 aliphatic carbocycles. The summed E-state index contributed by atoms with van der Waals surface area (Å²) in [5, 5.41) is 10.9. The van der Waals surface area contributed by atoms with Crippen molar-refractivity contribution in [2.75, 3.05) is 13.2 Å². The van der Waals surface area contributed by atoms with Gasteiger partial charge in [0.1, 0.15) is 11.8 Å². The fourth-order valence-corrected chi connectivity index (χ4v) is 5.32. The molecule has 1 aliphatic heterocycles. The average molecular weight is 422 g/mol. The molecule has 2 unspecified atom stereocenters. The van der Waals surface area contributed by atoms with Crippen molar-refractivity contribution in [1.82, 2.24) is 4.67 Å². The van der Waals surface area contributed by atoms with E-state index in [-0.39, 0.29) is 18.0 Å². The largest absolute Gasteiger partial charge is 0.465 e. The number of nitrogens with zero attached hydrogens (tertiary/aromatic N) is 2. The Morgan fingerprint density at radius 1 is 1.31 bits per heavy atom. The van der Waals surface area contributed by atoms with E-state index in [1.807, 2.05) is 12.2 Å². The van der Waals surface area contributed by atoms with Gasteiger partial charge in [-0.15, -0.1) is 0 Å². The Morgan fingerprint density at radius 3 is 2.69 bits per heavy atom. The maximum atomic E-state index is 13.9. The normalized spacial score (nSPS) is 23.5. The third kappa shape index (κ3) is 5.12. The molecule has 1 aromatic rings. The molecule has 10 heteroatoms. The number of nitro benzene ring substituents is 1. The Bertz CT molecular complexity index is 853. The molecular formula is C19H23N2O7P. The Morgan fingerprint density at radius 2 is 2.07 bits per heavy atom. The third-order valence-electron chi connectivity index (χ3n) is 4.58. The molecule has 0 saturated carbocycles. The number of rotatable bonds is 8. The highest BCUT2D eigenvalue weighted by molar-refractivity contribution is 7.51. The molecule has 0 spiro atoms. The second-order valence-electron chi connectivity index (χ2n) is 6.58. The summed E-state index contributed by atoms with van der Waals surface area (Å²) in [7, 11) is -3.95. The fourth-order valence-electron chi connectivity index (χ4n) is 3.23. The number of carbonyl (C=O) groups excluding carboxylic acids is 1. The average Bonchev–Trinajstić information content (AvgIpc) is 3.20. The maximum absolute atomic E-state index is 13.9. The number of benzene rings is 1. The highest BCUT2D eigenvalue weighted by Gasteiger charge is 2.47. The topological polar surface area (TPSA) is 108 Å². The van der Waals surface area contributed by atoms with Crippen molar-refractivity contribution in [3.63, 3.8) is 0 Å². The lowest BCUT2D eigenvalue weighted by atomic mass is 10.1. The summed E-state index contributed by atoms with van der Waals surface area (Å²) in [5.41, 5.74) is -0.112. The Hall–Kier alpha value is -2.48. The van der Waals surface area contributed by atoms with Crippen LogP contribution in [0.4, 0.5) is 5.69 Å². The van der Waals surface area contributed by atoms with Crippen LogP contribution in [0.25, 0.3) is 0 Å². The highest BCUT2D eigenvalue weighted by atomic mass is 31.2. The Balaban J connectivity index is 1.87. The van der Waals surface area contributed by atoms with Gasteiger partial charge in [-0.3, -0.25) is 19.4 Å². The fraction of sp³-hybridized carbons (Fsp3) is 0.421. The van der Waals surface area contributed by atoms with E-state index in [1.165, 1.54) is 28.9 Å². The smallest absolute Gasteiger partial charge is 0.462 e. The zero-order valence-electron chi connectivity index (χ0n) is 16.0. The molecule has 0 bridgehead atoms. The van der Waals surface area contributed by atoms with E-state index in [2.05, 4.69) is 0 Å². The number of allylic oxidation sites excluding steroid dienone is 2. The molecule has 0 radical (unpaired) electrons. The summed E-state index contributed by atoms with van der Waals surface area (Å²) in [6.45, 7) is 2.27. The van der Waals surface area contributed by atoms with Gasteiger partial charge in [-0.25, -0.2) is 4.57 Å². The maximum Gasteiger partial charge on any atom is 0.462 e. The van der Waals surface area contributed by atoms with Crippen LogP contribution in [-0.2, 0) is 18.6 Å². The number of esters is 1. The van der Waals surface area contributed by atoms with Gasteiger partial charge in [-0.05, 0) is 38.3 Å². The summed E-state index contributed by atoms with van der Waals surface area (Å²) in [5.74, 6) is -0.316. The van der Waals surface area contributed by atoms with Gasteiger partial charge in [0.05, 0.1) is 17.6 Å². The standard InChI is InChI=1S/C19H23N2O7P/c1-2-26-19(22)18-9-6-14-20(18)29(25,27-16-7-4-3-5-8-16)28-17-12-10-15(11-13-17)21(23)24/h3-5,7,10-13,16,18H,2,6,8-9,14H2,1H3/t16?,18-,29?/m0/s1. The molecule has 9 nitrogen and oxygen atoms in total. The van der Waals surface area contributed by atoms with E-state index >= 15 is 0 Å². The van der Waals surface area contributed by atoms with Crippen LogP contribution in [0.1, 0.15) is 26.2 Å². The zero-order valence-corrected chi connectivity index (χ0v) is 16.9. The number of hydrogen-bond acceptors (Lipinski definition) is 7. The Kier molecular flexibility index (Phi) is 6.84. The van der Waals surface area contributed by atoms with Crippen LogP contribution in [-0.4, -0.2) is 40.9 Å². The summed E-state index contributed by atoms with van der Waals surface area (Å²) >= 11 is 0. The van der Waals surface area contributed by atoms with E-state index in [0.29, 0.717) is 25.8 Å². The van der Waals surface area contributed by atoms with Crippen LogP contribution in [0.2, 0.25) is 0 Å². The number of nitro groups is 1. The van der Waals surface area contributed by atoms with Crippen LogP contribution in [0.15, 0.2) is 48.6 Å². The first-order valence-electron chi connectivity index (χ1n) is 9.42. The van der Waals surface area contributed by atoms with Crippen LogP contribution in [0.3, 0.4) is 0 Å². The minimum absolute atomic E-state index is 0.112. The minimum atomic E-state index is -3.95. The van der Waals surface area contributed by atoms with Crippen molar-refractivity contribution in [3.05, 3.63) is 58.7 Å². The van der Waals surface area contributed by atoms with Crippen molar-refractivity contribution in [3.8, 4) is 5.75 Å². The van der Waals surface area contributed by atoms with Crippen molar-refractivity contribution in [2.45, 2.75) is 38.3 Å².